The molecule has 1 unspecified atom stereocenters. The van der Waals surface area contributed by atoms with Gasteiger partial charge in [-0.2, -0.15) is 0 Å². The summed E-state index contributed by atoms with van der Waals surface area (Å²) in [4.78, 5) is 87.6. The van der Waals surface area contributed by atoms with Gasteiger partial charge in [0.2, 0.25) is 35.4 Å². The molecule has 2 aromatic rings. The predicted octanol–water partition coefficient (Wildman–Crippen LogP) is 2.72. The van der Waals surface area contributed by atoms with Gasteiger partial charge in [-0.15, -0.1) is 11.8 Å². The van der Waals surface area contributed by atoms with Gasteiger partial charge >= 0.3 is 0 Å². The highest BCUT2D eigenvalue weighted by Gasteiger charge is 2.41. The lowest BCUT2D eigenvalue weighted by atomic mass is 9.96. The Morgan fingerprint density at radius 1 is 0.643 bits per heavy atom. The second-order valence-corrected chi connectivity index (χ2v) is 18.1. The van der Waals surface area contributed by atoms with E-state index in [9.17, 15) is 28.8 Å². The number of nitrogens with one attached hydrogen (secondary N) is 8. The zero-order valence-electron chi connectivity index (χ0n) is 34.6. The quantitative estimate of drug-likeness (QED) is 0.189. The molecule has 2 saturated heterocycles. The van der Waals surface area contributed by atoms with E-state index in [1.54, 1.807) is 20.0 Å². The van der Waals surface area contributed by atoms with Crippen molar-refractivity contribution < 1.29 is 28.8 Å². The zero-order chi connectivity index (χ0) is 41.4. The molecule has 310 valence electrons. The van der Waals surface area contributed by atoms with Crippen molar-refractivity contribution in [1.29, 1.82) is 0 Å². The summed E-state index contributed by atoms with van der Waals surface area (Å²) in [5, 5.41) is 21.7. The molecule has 8 N–H and O–H groups in total. The van der Waals surface area contributed by atoms with Gasteiger partial charge in [-0.05, 0) is 47.6 Å². The van der Waals surface area contributed by atoms with Crippen LogP contribution in [0.2, 0.25) is 0 Å². The number of aromatic amines is 1. The number of amides is 6. The third-order valence-corrected chi connectivity index (χ3v) is 12.2. The third-order valence-electron chi connectivity index (χ3n) is 10.8. The summed E-state index contributed by atoms with van der Waals surface area (Å²) in [6, 6.07) is 1.55. The molecule has 15 heteroatoms. The maximum absolute atomic E-state index is 14.4. The highest BCUT2D eigenvalue weighted by molar-refractivity contribution is 8.00. The SMILES string of the molecule is CC[C@H](C)[C@H]1NC(=O)[C@@H]2CSC(N2)[C@H](C(C)C)NC(=O)[C@@H](C(C)C)NC(=O)[C@H](C(C)C)NC(=O)[C@@H](CC(C)C)NC(=O)[C@H](Cc2c[nH]c3ccccc23)NC1=O. The van der Waals surface area contributed by atoms with Crippen LogP contribution in [-0.4, -0.2) is 93.8 Å². The van der Waals surface area contributed by atoms with E-state index >= 15 is 0 Å². The molecule has 1 aromatic heterocycles. The van der Waals surface area contributed by atoms with E-state index in [1.165, 1.54) is 11.8 Å². The Bertz CT molecular complexity index is 1710. The molecule has 0 saturated carbocycles. The first kappa shape index (κ1) is 44.6. The van der Waals surface area contributed by atoms with Crippen LogP contribution in [0, 0.1) is 29.6 Å². The Balaban J connectivity index is 1.77. The Kier molecular flexibility index (Phi) is 15.8. The van der Waals surface area contributed by atoms with Gasteiger partial charge in [0.1, 0.15) is 30.2 Å². The molecule has 4 rings (SSSR count). The van der Waals surface area contributed by atoms with Crippen LogP contribution in [0.4, 0.5) is 0 Å². The number of para-hydroxylation sites is 1. The molecule has 9 atom stereocenters. The lowest BCUT2D eigenvalue weighted by molar-refractivity contribution is -0.136. The number of hydrogen-bond acceptors (Lipinski definition) is 8. The molecule has 0 radical (unpaired) electrons. The van der Waals surface area contributed by atoms with E-state index in [2.05, 4.69) is 42.2 Å². The number of carbonyl (C=O) groups is 6. The van der Waals surface area contributed by atoms with Crippen LogP contribution >= 0.6 is 11.8 Å². The molecule has 2 aliphatic heterocycles. The minimum absolute atomic E-state index is 0.0245. The first-order chi connectivity index (χ1) is 26.4. The standard InChI is InChI=1S/C41H64N8O6S/c1-11-24(10)34-40(55)44-29(17-25-18-42-27-15-13-12-14-26(25)27)35(50)43-28(16-20(2)3)36(51)46-31(21(4)5)38(53)47-32(22(6)7)39(54)48-33(23(8)9)41-45-30(19-56-41)37(52)49-34/h12-15,18,20-24,28-34,41-42,45H,11,16-17,19H2,1-10H3,(H,43,50)(H,44,55)(H,46,51)(H,47,53)(H,48,54)(H,49,52)/t24-,28+,29-,30-,31-,32+,33-,34+,41?/m0/s1. The van der Waals surface area contributed by atoms with Crippen molar-refractivity contribution in [3.63, 3.8) is 0 Å². The fourth-order valence-electron chi connectivity index (χ4n) is 7.19. The molecule has 1 aromatic carbocycles. The van der Waals surface area contributed by atoms with E-state index < -0.39 is 65.9 Å². The lowest BCUT2D eigenvalue weighted by Gasteiger charge is -2.32. The number of H-pyrrole nitrogens is 1. The molecule has 2 fully saturated rings. The number of thioether (sulfide) groups is 1. The summed E-state index contributed by atoms with van der Waals surface area (Å²) in [6.07, 6.45) is 2.74. The van der Waals surface area contributed by atoms with Gasteiger partial charge in [-0.3, -0.25) is 34.1 Å². The second-order valence-electron chi connectivity index (χ2n) is 16.9. The highest BCUT2D eigenvalue weighted by atomic mass is 32.2. The Morgan fingerprint density at radius 2 is 1.20 bits per heavy atom. The molecule has 6 amide bonds. The molecule has 14 nitrogen and oxygen atoms in total. The summed E-state index contributed by atoms with van der Waals surface area (Å²) < 4.78 is 0. The van der Waals surface area contributed by atoms with Gasteiger partial charge in [0.15, 0.2) is 0 Å². The van der Waals surface area contributed by atoms with Crippen LogP contribution < -0.4 is 37.2 Å². The van der Waals surface area contributed by atoms with Crippen LogP contribution in [0.15, 0.2) is 30.5 Å². The minimum Gasteiger partial charge on any atom is -0.361 e. The summed E-state index contributed by atoms with van der Waals surface area (Å²) >= 11 is 1.51. The van der Waals surface area contributed by atoms with Crippen molar-refractivity contribution in [1.82, 2.24) is 42.2 Å². The van der Waals surface area contributed by atoms with Gasteiger partial charge in [0.05, 0.1) is 17.5 Å². The van der Waals surface area contributed by atoms with Crippen molar-refractivity contribution in [3.05, 3.63) is 36.0 Å². The van der Waals surface area contributed by atoms with Crippen molar-refractivity contribution in [3.8, 4) is 0 Å². The Labute approximate surface area is 335 Å². The molecule has 0 aliphatic carbocycles. The monoisotopic (exact) mass is 796 g/mol. The average molecular weight is 797 g/mol. The van der Waals surface area contributed by atoms with E-state index in [-0.39, 0.29) is 59.6 Å². The molecule has 2 bridgehead atoms. The van der Waals surface area contributed by atoms with Gasteiger partial charge in [0, 0.05) is 29.3 Å². The largest absolute Gasteiger partial charge is 0.361 e. The fourth-order valence-corrected chi connectivity index (χ4v) is 8.69. The van der Waals surface area contributed by atoms with Crippen molar-refractivity contribution >= 4 is 58.1 Å². The van der Waals surface area contributed by atoms with Crippen LogP contribution in [0.3, 0.4) is 0 Å². The zero-order valence-corrected chi connectivity index (χ0v) is 35.4. The number of fused-ring (bicyclic) bond motifs is 3. The van der Waals surface area contributed by atoms with Crippen LogP contribution in [0.1, 0.15) is 87.6 Å². The fraction of sp³-hybridized carbons (Fsp3) is 0.659. The number of carbonyl (C=O) groups excluding carboxylic acids is 6. The smallest absolute Gasteiger partial charge is 0.243 e. The molecule has 3 heterocycles. The Hall–Kier alpha value is -4.11. The predicted molar refractivity (Wildman–Crippen MR) is 220 cm³/mol. The maximum Gasteiger partial charge on any atom is 0.243 e. The van der Waals surface area contributed by atoms with Crippen molar-refractivity contribution in [2.24, 2.45) is 29.6 Å². The Morgan fingerprint density at radius 3 is 1.80 bits per heavy atom. The second kappa shape index (κ2) is 19.8. The first-order valence-electron chi connectivity index (χ1n) is 20.2. The van der Waals surface area contributed by atoms with Crippen molar-refractivity contribution in [2.75, 3.05) is 5.75 Å². The maximum atomic E-state index is 14.4. The van der Waals surface area contributed by atoms with Crippen molar-refractivity contribution in [2.45, 2.75) is 136 Å². The highest BCUT2D eigenvalue weighted by Crippen LogP contribution is 2.26. The van der Waals surface area contributed by atoms with Crippen LogP contribution in [0.5, 0.6) is 0 Å². The van der Waals surface area contributed by atoms with E-state index in [1.807, 2.05) is 79.7 Å². The van der Waals surface area contributed by atoms with Gasteiger partial charge in [-0.25, -0.2) is 0 Å². The number of hydrogen-bond donors (Lipinski definition) is 8. The summed E-state index contributed by atoms with van der Waals surface area (Å²) in [6.45, 7) is 18.9. The topological polar surface area (TPSA) is 202 Å². The van der Waals surface area contributed by atoms with Gasteiger partial charge in [0.25, 0.3) is 0 Å². The molecular weight excluding hydrogens is 733 g/mol. The number of rotatable bonds is 9. The van der Waals surface area contributed by atoms with E-state index in [0.717, 1.165) is 16.5 Å². The molecule has 0 spiro atoms. The summed E-state index contributed by atoms with van der Waals surface area (Å²) in [7, 11) is 0. The number of aromatic nitrogens is 1. The normalized spacial score (nSPS) is 28.4. The first-order valence-corrected chi connectivity index (χ1v) is 21.2. The molecular formula is C41H64N8O6S. The van der Waals surface area contributed by atoms with E-state index in [0.29, 0.717) is 12.2 Å². The van der Waals surface area contributed by atoms with Gasteiger partial charge in [-0.1, -0.05) is 93.9 Å². The van der Waals surface area contributed by atoms with Gasteiger partial charge < -0.3 is 36.9 Å². The number of benzene rings is 1. The molecule has 2 aliphatic rings. The van der Waals surface area contributed by atoms with Crippen LogP contribution in [-0.2, 0) is 35.2 Å². The average Bonchev–Trinajstić information content (AvgIpc) is 3.79. The lowest BCUT2D eigenvalue weighted by Crippen LogP contribution is -2.61. The minimum atomic E-state index is -1.12. The summed E-state index contributed by atoms with van der Waals surface area (Å²) in [5.41, 5.74) is 1.66. The third kappa shape index (κ3) is 11.3. The van der Waals surface area contributed by atoms with E-state index in [4.69, 9.17) is 0 Å². The summed E-state index contributed by atoms with van der Waals surface area (Å²) in [5.74, 6) is -3.49. The van der Waals surface area contributed by atoms with Crippen LogP contribution in [0.25, 0.3) is 10.9 Å². The molecule has 56 heavy (non-hydrogen) atoms.